The van der Waals surface area contributed by atoms with Crippen LogP contribution < -0.4 is 0 Å². The Balaban J connectivity index is 1.62. The van der Waals surface area contributed by atoms with E-state index in [2.05, 4.69) is 25.5 Å². The van der Waals surface area contributed by atoms with Crippen molar-refractivity contribution >= 4 is 18.1 Å². The summed E-state index contributed by atoms with van der Waals surface area (Å²) in [6, 6.07) is 0.0756. The van der Waals surface area contributed by atoms with Gasteiger partial charge >= 0.3 is 11.9 Å². The Morgan fingerprint density at radius 1 is 1.45 bits per heavy atom. The van der Waals surface area contributed by atoms with E-state index < -0.39 is 5.60 Å². The van der Waals surface area contributed by atoms with Crippen molar-refractivity contribution in [2.75, 3.05) is 20.1 Å². The molecule has 0 aromatic carbocycles. The van der Waals surface area contributed by atoms with Crippen molar-refractivity contribution in [2.45, 2.75) is 32.4 Å². The van der Waals surface area contributed by atoms with E-state index in [-0.39, 0.29) is 16.8 Å². The molecule has 0 aliphatic carbocycles. The Kier molecular flexibility index (Phi) is 3.33. The Morgan fingerprint density at radius 2 is 2.18 bits per heavy atom. The monoisotopic (exact) mass is 306 g/mol. The SMILES string of the molecule is CN(C(=O)OC(C)(C)C)C1CN([N+]23C=CN=CC2=NN=N3)C1. The van der Waals surface area contributed by atoms with Crippen LogP contribution in [0, 0.1) is 0 Å². The van der Waals surface area contributed by atoms with Crippen LogP contribution in [0.5, 0.6) is 0 Å². The van der Waals surface area contributed by atoms with E-state index in [1.165, 1.54) is 0 Å². The van der Waals surface area contributed by atoms with Crippen molar-refractivity contribution in [1.29, 1.82) is 0 Å². The van der Waals surface area contributed by atoms with Gasteiger partial charge in [-0.3, -0.25) is 4.99 Å². The molecule has 1 atom stereocenters. The van der Waals surface area contributed by atoms with Gasteiger partial charge in [0.05, 0.1) is 30.6 Å². The summed E-state index contributed by atoms with van der Waals surface area (Å²) in [4.78, 5) is 17.8. The molecule has 9 heteroatoms. The second kappa shape index (κ2) is 4.96. The average Bonchev–Trinajstić information content (AvgIpc) is 2.78. The van der Waals surface area contributed by atoms with Gasteiger partial charge in [0.25, 0.3) is 0 Å². The molecule has 0 saturated carbocycles. The van der Waals surface area contributed by atoms with E-state index in [1.807, 2.05) is 27.0 Å². The van der Waals surface area contributed by atoms with Crippen LogP contribution in [0.1, 0.15) is 20.8 Å². The fraction of sp³-hybridized carbons (Fsp3) is 0.615. The van der Waals surface area contributed by atoms with Gasteiger partial charge in [0.2, 0.25) is 0 Å². The van der Waals surface area contributed by atoms with Gasteiger partial charge in [-0.05, 0) is 25.5 Å². The molecular weight excluding hydrogens is 286 g/mol. The molecule has 1 amide bonds. The highest BCUT2D eigenvalue weighted by Gasteiger charge is 2.53. The van der Waals surface area contributed by atoms with E-state index in [1.54, 1.807) is 24.4 Å². The van der Waals surface area contributed by atoms with Gasteiger partial charge in [-0.25, -0.2) is 4.79 Å². The minimum Gasteiger partial charge on any atom is -0.444 e. The zero-order valence-electron chi connectivity index (χ0n) is 13.2. The van der Waals surface area contributed by atoms with Crippen LogP contribution in [0.2, 0.25) is 0 Å². The molecular formula is C13H20N7O2+. The number of carbonyl (C=O) groups is 1. The summed E-state index contributed by atoms with van der Waals surface area (Å²) in [6.07, 6.45) is 4.82. The van der Waals surface area contributed by atoms with Gasteiger partial charge < -0.3 is 9.64 Å². The molecule has 3 aliphatic rings. The van der Waals surface area contributed by atoms with Crippen molar-refractivity contribution in [2.24, 2.45) is 20.5 Å². The Hall–Kier alpha value is -2.13. The van der Waals surface area contributed by atoms with Crippen LogP contribution in [0.25, 0.3) is 0 Å². The third-order valence-corrected chi connectivity index (χ3v) is 3.71. The molecule has 3 rings (SSSR count). The molecule has 0 radical (unpaired) electrons. The van der Waals surface area contributed by atoms with E-state index in [9.17, 15) is 4.79 Å². The minimum atomic E-state index is -0.494. The van der Waals surface area contributed by atoms with Crippen LogP contribution in [0.15, 0.2) is 32.9 Å². The molecule has 1 fully saturated rings. The number of fused-ring (bicyclic) bond motifs is 1. The van der Waals surface area contributed by atoms with Crippen LogP contribution in [-0.4, -0.2) is 64.5 Å². The molecule has 3 heterocycles. The summed E-state index contributed by atoms with van der Waals surface area (Å²) in [5.74, 6) is 0.654. The second-order valence-corrected chi connectivity index (χ2v) is 6.48. The third-order valence-electron chi connectivity index (χ3n) is 3.71. The van der Waals surface area contributed by atoms with Crippen LogP contribution >= 0.6 is 0 Å². The lowest BCUT2D eigenvalue weighted by molar-refractivity contribution is -0.929. The number of carbonyl (C=O) groups excluding carboxylic acids is 1. The standard InChI is InChI=1S/C13H20N7O2/c1-13(2,3)22-12(21)18(4)10-8-19(9-10)20-6-5-14-7-11(20)15-16-17-20/h5-7,10H,8-9H2,1-4H3/q+1. The van der Waals surface area contributed by atoms with Crippen LogP contribution in [0.4, 0.5) is 4.79 Å². The molecule has 9 nitrogen and oxygen atoms in total. The first kappa shape index (κ1) is 14.8. The molecule has 1 saturated heterocycles. The molecule has 0 N–H and O–H groups in total. The van der Waals surface area contributed by atoms with Crippen LogP contribution in [0.3, 0.4) is 0 Å². The molecule has 118 valence electrons. The lowest BCUT2D eigenvalue weighted by Gasteiger charge is -2.46. The Morgan fingerprint density at radius 3 is 2.86 bits per heavy atom. The largest absolute Gasteiger partial charge is 0.444 e. The van der Waals surface area contributed by atoms with Crippen molar-refractivity contribution in [3.05, 3.63) is 12.4 Å². The summed E-state index contributed by atoms with van der Waals surface area (Å²) in [5.41, 5.74) is -0.494. The second-order valence-electron chi connectivity index (χ2n) is 6.48. The first-order valence-corrected chi connectivity index (χ1v) is 7.13. The normalized spacial score (nSPS) is 27.4. The molecule has 22 heavy (non-hydrogen) atoms. The zero-order chi connectivity index (χ0) is 16.0. The van der Waals surface area contributed by atoms with Crippen LogP contribution in [-0.2, 0) is 4.74 Å². The highest BCUT2D eigenvalue weighted by molar-refractivity contribution is 6.26. The van der Waals surface area contributed by atoms with Gasteiger partial charge in [-0.1, -0.05) is 5.10 Å². The number of amidine groups is 1. The summed E-state index contributed by atoms with van der Waals surface area (Å²) in [7, 11) is 1.75. The average molecular weight is 306 g/mol. The fourth-order valence-electron chi connectivity index (χ4n) is 2.40. The quantitative estimate of drug-likeness (QED) is 0.725. The number of hydrogen-bond acceptors (Lipinski definition) is 7. The fourth-order valence-corrected chi connectivity index (χ4v) is 2.40. The van der Waals surface area contributed by atoms with Crippen molar-refractivity contribution in [1.82, 2.24) is 9.91 Å². The lowest BCUT2D eigenvalue weighted by atomic mass is 10.1. The van der Waals surface area contributed by atoms with Gasteiger partial charge in [-0.2, -0.15) is 0 Å². The first-order chi connectivity index (χ1) is 10.3. The summed E-state index contributed by atoms with van der Waals surface area (Å²) in [5, 5.41) is 14.0. The Bertz CT molecular complexity index is 598. The van der Waals surface area contributed by atoms with E-state index >= 15 is 0 Å². The summed E-state index contributed by atoms with van der Waals surface area (Å²) in [6.45, 7) is 6.89. The van der Waals surface area contributed by atoms with Crippen molar-refractivity contribution < 1.29 is 14.2 Å². The maximum Gasteiger partial charge on any atom is 0.410 e. The highest BCUT2D eigenvalue weighted by atomic mass is 16.6. The van der Waals surface area contributed by atoms with Crippen molar-refractivity contribution in [3.63, 3.8) is 0 Å². The number of hydrogen-bond donors (Lipinski definition) is 0. The number of aliphatic imine (C=N–C) groups is 1. The predicted octanol–water partition coefficient (Wildman–Crippen LogP) is 1.52. The van der Waals surface area contributed by atoms with Gasteiger partial charge in [0, 0.05) is 12.3 Å². The maximum absolute atomic E-state index is 12.1. The maximum atomic E-state index is 12.1. The third kappa shape index (κ3) is 2.42. The first-order valence-electron chi connectivity index (χ1n) is 7.13. The number of rotatable bonds is 2. The summed E-state index contributed by atoms with van der Waals surface area (Å²) < 4.78 is 5.48. The number of amides is 1. The van der Waals surface area contributed by atoms with Gasteiger partial charge in [0.15, 0.2) is 6.20 Å². The van der Waals surface area contributed by atoms with E-state index in [0.717, 1.165) is 0 Å². The number of quaternary nitrogens is 1. The lowest BCUT2D eigenvalue weighted by Crippen LogP contribution is -2.70. The number of nitrogens with zero attached hydrogens (tertiary/aromatic N) is 7. The zero-order valence-corrected chi connectivity index (χ0v) is 13.2. The van der Waals surface area contributed by atoms with Gasteiger partial charge in [0.1, 0.15) is 11.8 Å². The number of ether oxygens (including phenoxy) is 1. The van der Waals surface area contributed by atoms with E-state index in [4.69, 9.17) is 4.74 Å². The molecule has 3 aliphatic heterocycles. The topological polar surface area (TPSA) is 82.2 Å². The van der Waals surface area contributed by atoms with E-state index in [0.29, 0.717) is 18.9 Å². The number of likely N-dealkylation sites (N-methyl/N-ethyl adjacent to an activating group) is 1. The molecule has 0 aromatic rings. The molecule has 0 bridgehead atoms. The smallest absolute Gasteiger partial charge is 0.410 e. The Labute approximate surface area is 128 Å². The molecule has 0 spiro atoms. The van der Waals surface area contributed by atoms with Gasteiger partial charge in [-0.15, -0.1) is 5.01 Å². The summed E-state index contributed by atoms with van der Waals surface area (Å²) >= 11 is 0. The predicted molar refractivity (Wildman–Crippen MR) is 79.5 cm³/mol. The van der Waals surface area contributed by atoms with Crippen molar-refractivity contribution in [3.8, 4) is 0 Å². The molecule has 1 unspecified atom stereocenters. The minimum absolute atomic E-state index is 0.0756. The molecule has 0 aromatic heterocycles. The highest BCUT2D eigenvalue weighted by Crippen LogP contribution is 2.30.